The Morgan fingerprint density at radius 1 is 1.38 bits per heavy atom. The molecule has 6 nitrogen and oxygen atoms in total. The van der Waals surface area contributed by atoms with Gasteiger partial charge in [0.15, 0.2) is 0 Å². The first-order valence-corrected chi connectivity index (χ1v) is 6.53. The minimum absolute atomic E-state index is 0.0347. The molecule has 0 N–H and O–H groups in total. The molecule has 0 aliphatic carbocycles. The van der Waals surface area contributed by atoms with Gasteiger partial charge in [0.25, 0.3) is 5.69 Å². The number of halogens is 1. The first-order valence-electron chi connectivity index (χ1n) is 6.15. The molecule has 0 bridgehead atoms. The van der Waals surface area contributed by atoms with Gasteiger partial charge >= 0.3 is 0 Å². The lowest BCUT2D eigenvalue weighted by Crippen LogP contribution is -2.18. The molecule has 0 aliphatic heterocycles. The number of anilines is 1. The smallest absolute Gasteiger partial charge is 0.287 e. The first-order chi connectivity index (χ1) is 10.0. The molecule has 0 fully saturated rings. The van der Waals surface area contributed by atoms with Crippen LogP contribution in [-0.2, 0) is 6.54 Å². The second-order valence-corrected chi connectivity index (χ2v) is 4.88. The van der Waals surface area contributed by atoms with Gasteiger partial charge in [0.05, 0.1) is 12.0 Å². The summed E-state index contributed by atoms with van der Waals surface area (Å²) in [4.78, 5) is 16.1. The summed E-state index contributed by atoms with van der Waals surface area (Å²) in [5, 5.41) is 11.2. The zero-order valence-electron chi connectivity index (χ0n) is 11.6. The molecule has 1 aromatic heterocycles. The molecule has 2 rings (SSSR count). The Morgan fingerprint density at radius 3 is 2.71 bits per heavy atom. The molecule has 1 heterocycles. The second kappa shape index (κ2) is 6.41. The van der Waals surface area contributed by atoms with Gasteiger partial charge < -0.3 is 9.64 Å². The van der Waals surface area contributed by atoms with Crippen molar-refractivity contribution >= 4 is 23.1 Å². The number of pyridine rings is 1. The third-order valence-corrected chi connectivity index (χ3v) is 3.22. The Bertz CT molecular complexity index is 646. The average molecular weight is 308 g/mol. The summed E-state index contributed by atoms with van der Waals surface area (Å²) < 4.78 is 5.29. The van der Waals surface area contributed by atoms with Crippen molar-refractivity contribution in [2.75, 3.05) is 19.1 Å². The average Bonchev–Trinajstić information content (AvgIpc) is 2.47. The molecule has 2 aromatic rings. The Hall–Kier alpha value is -2.34. The number of methoxy groups -OCH3 is 1. The van der Waals surface area contributed by atoms with Crippen molar-refractivity contribution in [1.82, 2.24) is 4.98 Å². The van der Waals surface area contributed by atoms with E-state index in [1.807, 2.05) is 18.0 Å². The highest BCUT2D eigenvalue weighted by Gasteiger charge is 2.11. The van der Waals surface area contributed by atoms with E-state index in [0.29, 0.717) is 17.4 Å². The van der Waals surface area contributed by atoms with Gasteiger partial charge in [-0.3, -0.25) is 10.1 Å². The number of hydrogen-bond donors (Lipinski definition) is 0. The standard InChI is InChI=1S/C14H14ClN3O3/c1-17(14-6-4-12(8-16-14)18(19)20)9-10-7-11(15)3-5-13(10)21-2/h3-8H,9H2,1-2H3. The highest BCUT2D eigenvalue weighted by atomic mass is 35.5. The maximum absolute atomic E-state index is 10.6. The maximum Gasteiger partial charge on any atom is 0.287 e. The molecule has 0 unspecified atom stereocenters. The van der Waals surface area contributed by atoms with Crippen LogP contribution in [0.4, 0.5) is 11.5 Å². The summed E-state index contributed by atoms with van der Waals surface area (Å²) in [5.41, 5.74) is 0.875. The van der Waals surface area contributed by atoms with E-state index in [1.54, 1.807) is 25.3 Å². The normalized spacial score (nSPS) is 10.2. The van der Waals surface area contributed by atoms with E-state index in [2.05, 4.69) is 4.98 Å². The van der Waals surface area contributed by atoms with E-state index < -0.39 is 4.92 Å². The fraction of sp³-hybridized carbons (Fsp3) is 0.214. The van der Waals surface area contributed by atoms with Crippen LogP contribution in [-0.4, -0.2) is 24.1 Å². The fourth-order valence-corrected chi connectivity index (χ4v) is 2.11. The van der Waals surface area contributed by atoms with E-state index in [0.717, 1.165) is 11.3 Å². The summed E-state index contributed by atoms with van der Waals surface area (Å²) in [6.07, 6.45) is 1.24. The predicted octanol–water partition coefficient (Wildman–Crippen LogP) is 3.29. The lowest BCUT2D eigenvalue weighted by atomic mass is 10.2. The number of hydrogen-bond acceptors (Lipinski definition) is 5. The molecule has 0 saturated carbocycles. The van der Waals surface area contributed by atoms with Crippen LogP contribution in [0.1, 0.15) is 5.56 Å². The van der Waals surface area contributed by atoms with Crippen LogP contribution in [0, 0.1) is 10.1 Å². The number of rotatable bonds is 5. The zero-order valence-corrected chi connectivity index (χ0v) is 12.4. The molecule has 0 saturated heterocycles. The Balaban J connectivity index is 2.19. The summed E-state index contributed by atoms with van der Waals surface area (Å²) >= 11 is 5.99. The van der Waals surface area contributed by atoms with Crippen LogP contribution in [0.25, 0.3) is 0 Å². The molecule has 21 heavy (non-hydrogen) atoms. The van der Waals surface area contributed by atoms with Gasteiger partial charge in [-0.1, -0.05) is 11.6 Å². The predicted molar refractivity (Wildman–Crippen MR) is 81.0 cm³/mol. The molecule has 1 aromatic carbocycles. The van der Waals surface area contributed by atoms with Crippen molar-refractivity contribution in [2.45, 2.75) is 6.54 Å². The third-order valence-electron chi connectivity index (χ3n) is 2.98. The lowest BCUT2D eigenvalue weighted by Gasteiger charge is -2.19. The molecule has 7 heteroatoms. The number of nitrogens with zero attached hydrogens (tertiary/aromatic N) is 3. The third kappa shape index (κ3) is 3.61. The van der Waals surface area contributed by atoms with Crippen LogP contribution in [0.5, 0.6) is 5.75 Å². The van der Waals surface area contributed by atoms with Crippen molar-refractivity contribution in [1.29, 1.82) is 0 Å². The summed E-state index contributed by atoms with van der Waals surface area (Å²) in [5.74, 6) is 1.36. The summed E-state index contributed by atoms with van der Waals surface area (Å²) in [6, 6.07) is 8.41. The van der Waals surface area contributed by atoms with Crippen molar-refractivity contribution in [3.63, 3.8) is 0 Å². The quantitative estimate of drug-likeness (QED) is 0.626. The van der Waals surface area contributed by atoms with Crippen molar-refractivity contribution in [2.24, 2.45) is 0 Å². The number of benzene rings is 1. The van der Waals surface area contributed by atoms with Crippen LogP contribution in [0.3, 0.4) is 0 Å². The number of nitro groups is 1. The highest BCUT2D eigenvalue weighted by molar-refractivity contribution is 6.30. The Morgan fingerprint density at radius 2 is 2.14 bits per heavy atom. The van der Waals surface area contributed by atoms with Crippen LogP contribution in [0.15, 0.2) is 36.5 Å². The minimum Gasteiger partial charge on any atom is -0.496 e. The van der Waals surface area contributed by atoms with Gasteiger partial charge in [0.1, 0.15) is 17.8 Å². The molecule has 0 radical (unpaired) electrons. The molecule has 110 valence electrons. The van der Waals surface area contributed by atoms with E-state index in [1.165, 1.54) is 12.3 Å². The van der Waals surface area contributed by atoms with Gasteiger partial charge in [-0.05, 0) is 24.3 Å². The van der Waals surface area contributed by atoms with E-state index in [9.17, 15) is 10.1 Å². The second-order valence-electron chi connectivity index (χ2n) is 4.44. The van der Waals surface area contributed by atoms with Crippen molar-refractivity contribution < 1.29 is 9.66 Å². The first kappa shape index (κ1) is 15.1. The Kier molecular flexibility index (Phi) is 4.59. The molecule has 0 atom stereocenters. The molecule has 0 aliphatic rings. The topological polar surface area (TPSA) is 68.5 Å². The largest absolute Gasteiger partial charge is 0.496 e. The van der Waals surface area contributed by atoms with E-state index in [4.69, 9.17) is 16.3 Å². The van der Waals surface area contributed by atoms with Crippen molar-refractivity contribution in [3.05, 3.63) is 57.2 Å². The van der Waals surface area contributed by atoms with Gasteiger partial charge in [-0.25, -0.2) is 4.98 Å². The lowest BCUT2D eigenvalue weighted by molar-refractivity contribution is -0.385. The maximum atomic E-state index is 10.6. The zero-order chi connectivity index (χ0) is 15.4. The molecular formula is C14H14ClN3O3. The van der Waals surface area contributed by atoms with Crippen molar-refractivity contribution in [3.8, 4) is 5.75 Å². The Labute approximate surface area is 127 Å². The molecule has 0 amide bonds. The molecular weight excluding hydrogens is 294 g/mol. The van der Waals surface area contributed by atoms with E-state index in [-0.39, 0.29) is 5.69 Å². The summed E-state index contributed by atoms with van der Waals surface area (Å²) in [6.45, 7) is 0.522. The molecule has 0 spiro atoms. The minimum atomic E-state index is -0.475. The van der Waals surface area contributed by atoms with Crippen LogP contribution >= 0.6 is 11.6 Å². The fourth-order valence-electron chi connectivity index (χ4n) is 1.92. The summed E-state index contributed by atoms with van der Waals surface area (Å²) in [7, 11) is 3.44. The highest BCUT2D eigenvalue weighted by Crippen LogP contribution is 2.25. The number of ether oxygens (including phenoxy) is 1. The van der Waals surface area contributed by atoms with Gasteiger partial charge in [0, 0.05) is 30.2 Å². The number of aromatic nitrogens is 1. The van der Waals surface area contributed by atoms with E-state index >= 15 is 0 Å². The monoisotopic (exact) mass is 307 g/mol. The van der Waals surface area contributed by atoms with Gasteiger partial charge in [-0.2, -0.15) is 0 Å². The van der Waals surface area contributed by atoms with Gasteiger partial charge in [0.2, 0.25) is 0 Å². The van der Waals surface area contributed by atoms with Gasteiger partial charge in [-0.15, -0.1) is 0 Å². The van der Waals surface area contributed by atoms with Crippen LogP contribution in [0.2, 0.25) is 5.02 Å². The SMILES string of the molecule is COc1ccc(Cl)cc1CN(C)c1ccc([N+](=O)[O-])cn1. The van der Waals surface area contributed by atoms with Crippen LogP contribution < -0.4 is 9.64 Å².